The van der Waals surface area contributed by atoms with Gasteiger partial charge in [0.05, 0.1) is 17.0 Å². The van der Waals surface area contributed by atoms with Crippen molar-refractivity contribution < 1.29 is 27.5 Å². The number of amides is 2. The number of ether oxygens (including phenoxy) is 1. The minimum Gasteiger partial charge on any atom is -0.452 e. The van der Waals surface area contributed by atoms with E-state index >= 15 is 0 Å². The number of nitrogens with zero attached hydrogens (tertiary/aromatic N) is 1. The first-order valence-corrected chi connectivity index (χ1v) is 11.0. The van der Waals surface area contributed by atoms with Crippen molar-refractivity contribution in [3.8, 4) is 0 Å². The molecule has 0 aromatic heterocycles. The maximum Gasteiger partial charge on any atom is 0.338 e. The van der Waals surface area contributed by atoms with Crippen LogP contribution in [0.25, 0.3) is 0 Å². The Morgan fingerprint density at radius 3 is 2.62 bits per heavy atom. The molecule has 1 aromatic carbocycles. The Morgan fingerprint density at radius 1 is 1.17 bits per heavy atom. The van der Waals surface area contributed by atoms with Gasteiger partial charge in [0.1, 0.15) is 0 Å². The average Bonchev–Trinajstić information content (AvgIpc) is 2.71. The van der Waals surface area contributed by atoms with Gasteiger partial charge in [0.15, 0.2) is 6.61 Å². The third-order valence-corrected chi connectivity index (χ3v) is 6.58. The Hall–Kier alpha value is -2.46. The summed E-state index contributed by atoms with van der Waals surface area (Å²) in [5.74, 6) is -1.80. The van der Waals surface area contributed by atoms with Gasteiger partial charge in [-0.1, -0.05) is 12.5 Å². The molecule has 2 N–H and O–H groups in total. The van der Waals surface area contributed by atoms with Gasteiger partial charge in [0.2, 0.25) is 15.9 Å². The number of carbonyl (C=O) groups is 3. The summed E-state index contributed by atoms with van der Waals surface area (Å²) in [6.45, 7) is 3.73. The van der Waals surface area contributed by atoms with Crippen molar-refractivity contribution in [1.82, 2.24) is 14.9 Å². The van der Waals surface area contributed by atoms with Crippen LogP contribution in [0.3, 0.4) is 0 Å². The van der Waals surface area contributed by atoms with Gasteiger partial charge in [-0.3, -0.25) is 9.59 Å². The highest BCUT2D eigenvalue weighted by Gasteiger charge is 2.31. The second kappa shape index (κ2) is 10.4. The summed E-state index contributed by atoms with van der Waals surface area (Å²) in [7, 11) is -3.72. The molecule has 1 atom stereocenters. The summed E-state index contributed by atoms with van der Waals surface area (Å²) in [6, 6.07) is 5.48. The first kappa shape index (κ1) is 22.8. The van der Waals surface area contributed by atoms with Gasteiger partial charge >= 0.3 is 5.97 Å². The molecule has 9 nitrogen and oxygen atoms in total. The number of esters is 1. The number of rotatable bonds is 8. The second-order valence-corrected chi connectivity index (χ2v) is 8.69. The summed E-state index contributed by atoms with van der Waals surface area (Å²) >= 11 is 0. The third-order valence-electron chi connectivity index (χ3n) is 4.57. The smallest absolute Gasteiger partial charge is 0.338 e. The molecule has 1 aliphatic rings. The van der Waals surface area contributed by atoms with Gasteiger partial charge in [-0.15, -0.1) is 0 Å². The fourth-order valence-electron chi connectivity index (χ4n) is 3.05. The molecule has 1 saturated heterocycles. The minimum absolute atomic E-state index is 0.0152. The highest BCUT2D eigenvalue weighted by molar-refractivity contribution is 7.89. The van der Waals surface area contributed by atoms with E-state index in [1.54, 1.807) is 6.92 Å². The monoisotopic (exact) mass is 425 g/mol. The number of hydrogen-bond acceptors (Lipinski definition) is 6. The maximum atomic E-state index is 12.9. The van der Waals surface area contributed by atoms with Crippen molar-refractivity contribution in [1.29, 1.82) is 0 Å². The predicted octanol–water partition coefficient (Wildman–Crippen LogP) is 0.659. The molecular weight excluding hydrogens is 398 g/mol. The summed E-state index contributed by atoms with van der Waals surface area (Å²) in [4.78, 5) is 35.2. The molecule has 2 rings (SSSR count). The van der Waals surface area contributed by atoms with E-state index in [0.29, 0.717) is 13.1 Å². The number of hydrogen-bond donors (Lipinski definition) is 2. The number of sulfonamides is 1. The minimum atomic E-state index is -3.72. The molecule has 10 heteroatoms. The third kappa shape index (κ3) is 6.26. The first-order valence-electron chi connectivity index (χ1n) is 9.58. The lowest BCUT2D eigenvalue weighted by atomic mass is 10.1. The van der Waals surface area contributed by atoms with Gasteiger partial charge in [0, 0.05) is 19.1 Å². The van der Waals surface area contributed by atoms with Crippen LogP contribution in [0.4, 0.5) is 0 Å². The number of piperidine rings is 1. The van der Waals surface area contributed by atoms with Crippen LogP contribution in [0.5, 0.6) is 0 Å². The number of benzene rings is 1. The van der Waals surface area contributed by atoms with Gasteiger partial charge in [0.25, 0.3) is 5.91 Å². The molecule has 0 bridgehead atoms. The predicted molar refractivity (Wildman–Crippen MR) is 106 cm³/mol. The van der Waals surface area contributed by atoms with E-state index in [1.165, 1.54) is 28.6 Å². The van der Waals surface area contributed by atoms with Crippen molar-refractivity contribution in [2.75, 3.05) is 26.2 Å². The van der Waals surface area contributed by atoms with E-state index in [-0.39, 0.29) is 29.0 Å². The Morgan fingerprint density at radius 2 is 1.93 bits per heavy atom. The molecule has 0 unspecified atom stereocenters. The molecule has 1 heterocycles. The molecule has 1 fully saturated rings. The molecule has 0 aliphatic carbocycles. The Labute approximate surface area is 170 Å². The summed E-state index contributed by atoms with van der Waals surface area (Å²) < 4.78 is 32.2. The zero-order chi connectivity index (χ0) is 21.4. The van der Waals surface area contributed by atoms with Gasteiger partial charge in [-0.2, -0.15) is 4.31 Å². The molecule has 29 heavy (non-hydrogen) atoms. The Balaban J connectivity index is 1.98. The van der Waals surface area contributed by atoms with Crippen LogP contribution in [0.2, 0.25) is 0 Å². The zero-order valence-corrected chi connectivity index (χ0v) is 17.5. The van der Waals surface area contributed by atoms with Crippen LogP contribution in [0.1, 0.15) is 43.5 Å². The van der Waals surface area contributed by atoms with Crippen molar-refractivity contribution in [3.63, 3.8) is 0 Å². The number of likely N-dealkylation sites (N-methyl/N-ethyl adjacent to an activating group) is 1. The Bertz CT molecular complexity index is 855. The fraction of sp³-hybridized carbons (Fsp3) is 0.526. The first-order chi connectivity index (χ1) is 13.8. The van der Waals surface area contributed by atoms with Crippen LogP contribution in [0, 0.1) is 0 Å². The van der Waals surface area contributed by atoms with Crippen LogP contribution in [-0.4, -0.2) is 62.8 Å². The molecule has 0 spiro atoms. The molecule has 0 saturated carbocycles. The van der Waals surface area contributed by atoms with E-state index in [4.69, 9.17) is 4.74 Å². The van der Waals surface area contributed by atoms with E-state index in [2.05, 4.69) is 10.6 Å². The molecule has 2 amide bonds. The van der Waals surface area contributed by atoms with Crippen molar-refractivity contribution >= 4 is 27.8 Å². The lowest BCUT2D eigenvalue weighted by Gasteiger charge is -2.32. The zero-order valence-electron chi connectivity index (χ0n) is 16.6. The highest BCUT2D eigenvalue weighted by atomic mass is 32.2. The fourth-order valence-corrected chi connectivity index (χ4v) is 4.80. The van der Waals surface area contributed by atoms with E-state index in [1.807, 2.05) is 6.92 Å². The normalized spacial score (nSPS) is 17.4. The molecular formula is C19H27N3O6S. The molecule has 1 aromatic rings. The topological polar surface area (TPSA) is 122 Å². The molecule has 160 valence electrons. The SMILES string of the molecule is CCNC(=O)CNC(=O)COC(=O)c1cccc(S(=O)(=O)N2CCCC[C@@H]2C)c1. The van der Waals surface area contributed by atoms with E-state index < -0.39 is 28.5 Å². The van der Waals surface area contributed by atoms with Crippen LogP contribution < -0.4 is 10.6 Å². The highest BCUT2D eigenvalue weighted by Crippen LogP contribution is 2.25. The number of carbonyl (C=O) groups excluding carboxylic acids is 3. The van der Waals surface area contributed by atoms with Crippen LogP contribution in [0.15, 0.2) is 29.2 Å². The average molecular weight is 426 g/mol. The largest absolute Gasteiger partial charge is 0.452 e. The second-order valence-electron chi connectivity index (χ2n) is 6.79. The Kier molecular flexibility index (Phi) is 8.15. The van der Waals surface area contributed by atoms with Crippen LogP contribution >= 0.6 is 0 Å². The quantitative estimate of drug-likeness (QED) is 0.590. The summed E-state index contributed by atoms with van der Waals surface area (Å²) in [6.07, 6.45) is 2.59. The van der Waals surface area contributed by atoms with E-state index in [0.717, 1.165) is 19.3 Å². The summed E-state index contributed by atoms with van der Waals surface area (Å²) in [5, 5.41) is 4.85. The number of nitrogens with one attached hydrogen (secondary N) is 2. The standard InChI is InChI=1S/C19H27N3O6S/c1-3-20-17(23)12-21-18(24)13-28-19(25)15-8-6-9-16(11-15)29(26,27)22-10-5-4-7-14(22)2/h6,8-9,11,14H,3-5,7,10,12-13H2,1-2H3,(H,20,23)(H,21,24)/t14-/m0/s1. The molecule has 1 aliphatic heterocycles. The van der Waals surface area contributed by atoms with E-state index in [9.17, 15) is 22.8 Å². The lowest BCUT2D eigenvalue weighted by molar-refractivity contribution is -0.127. The summed E-state index contributed by atoms with van der Waals surface area (Å²) in [5.41, 5.74) is 0.0345. The van der Waals surface area contributed by atoms with Crippen LogP contribution in [-0.2, 0) is 24.3 Å². The maximum absolute atomic E-state index is 12.9. The van der Waals surface area contributed by atoms with Crippen molar-refractivity contribution in [2.45, 2.75) is 44.0 Å². The van der Waals surface area contributed by atoms with Gasteiger partial charge < -0.3 is 15.4 Å². The van der Waals surface area contributed by atoms with Gasteiger partial charge in [-0.05, 0) is 44.9 Å². The lowest BCUT2D eigenvalue weighted by Crippen LogP contribution is -2.41. The van der Waals surface area contributed by atoms with Crippen molar-refractivity contribution in [3.05, 3.63) is 29.8 Å². The molecule has 0 radical (unpaired) electrons. The van der Waals surface area contributed by atoms with Crippen molar-refractivity contribution in [2.24, 2.45) is 0 Å². The van der Waals surface area contributed by atoms with Gasteiger partial charge in [-0.25, -0.2) is 13.2 Å².